The summed E-state index contributed by atoms with van der Waals surface area (Å²) in [4.78, 5) is 0. The van der Waals surface area contributed by atoms with Crippen LogP contribution in [0.4, 0.5) is 5.69 Å². The van der Waals surface area contributed by atoms with E-state index < -0.39 is 0 Å². The zero-order chi connectivity index (χ0) is 14.5. The summed E-state index contributed by atoms with van der Waals surface area (Å²) in [6.45, 7) is 0. The van der Waals surface area contributed by atoms with Gasteiger partial charge in [-0.15, -0.1) is 0 Å². The predicted octanol–water partition coefficient (Wildman–Crippen LogP) is 3.99. The van der Waals surface area contributed by atoms with Gasteiger partial charge in [0.1, 0.15) is 0 Å². The summed E-state index contributed by atoms with van der Waals surface area (Å²) in [5, 5.41) is 13.7. The van der Waals surface area contributed by atoms with Crippen molar-refractivity contribution in [2.45, 2.75) is 44.2 Å². The van der Waals surface area contributed by atoms with Gasteiger partial charge in [-0.25, -0.2) is 0 Å². The lowest BCUT2D eigenvalue weighted by Gasteiger charge is -2.30. The highest BCUT2D eigenvalue weighted by Crippen LogP contribution is 2.25. The van der Waals surface area contributed by atoms with Crippen molar-refractivity contribution in [1.29, 1.82) is 0 Å². The molecule has 1 aliphatic carbocycles. The third kappa shape index (κ3) is 3.64. The molecule has 21 heavy (non-hydrogen) atoms. The van der Waals surface area contributed by atoms with Gasteiger partial charge in [-0.2, -0.15) is 0 Å². The Kier molecular flexibility index (Phi) is 4.56. The molecule has 0 unspecified atom stereocenters. The molecule has 0 radical (unpaired) electrons. The van der Waals surface area contributed by atoms with Gasteiger partial charge in [0.15, 0.2) is 0 Å². The molecule has 2 aromatic carbocycles. The van der Waals surface area contributed by atoms with Gasteiger partial charge in [-0.05, 0) is 36.5 Å². The molecular weight excluding hydrogens is 258 g/mol. The normalized spacial score (nSPS) is 22.0. The highest BCUT2D eigenvalue weighted by molar-refractivity contribution is 5.53. The fourth-order valence-electron chi connectivity index (χ4n) is 3.11. The Balaban J connectivity index is 1.76. The quantitative estimate of drug-likeness (QED) is 0.888. The largest absolute Gasteiger partial charge is 0.391 e. The van der Waals surface area contributed by atoms with Crippen LogP contribution in [0, 0.1) is 0 Å². The van der Waals surface area contributed by atoms with Crippen molar-refractivity contribution < 1.29 is 5.11 Å². The van der Waals surface area contributed by atoms with E-state index in [4.69, 9.17) is 0 Å². The zero-order valence-corrected chi connectivity index (χ0v) is 12.3. The van der Waals surface area contributed by atoms with Crippen LogP contribution in [0.3, 0.4) is 0 Å². The van der Waals surface area contributed by atoms with Crippen molar-refractivity contribution in [2.75, 3.05) is 5.32 Å². The van der Waals surface area contributed by atoms with Gasteiger partial charge >= 0.3 is 0 Å². The van der Waals surface area contributed by atoms with E-state index in [9.17, 15) is 5.11 Å². The lowest BCUT2D eigenvalue weighted by atomic mass is 9.92. The fourth-order valence-corrected chi connectivity index (χ4v) is 3.11. The molecule has 0 heterocycles. The van der Waals surface area contributed by atoms with E-state index in [1.54, 1.807) is 0 Å². The van der Waals surface area contributed by atoms with Gasteiger partial charge in [0, 0.05) is 5.69 Å². The summed E-state index contributed by atoms with van der Waals surface area (Å²) < 4.78 is 0. The van der Waals surface area contributed by atoms with Crippen LogP contribution in [0.1, 0.15) is 36.8 Å². The molecule has 0 amide bonds. The third-order valence-electron chi connectivity index (χ3n) is 4.33. The minimum Gasteiger partial charge on any atom is -0.391 e. The van der Waals surface area contributed by atoms with Gasteiger partial charge in [-0.1, -0.05) is 61.4 Å². The molecule has 2 nitrogen and oxygen atoms in total. The molecule has 0 bridgehead atoms. The van der Waals surface area contributed by atoms with Gasteiger partial charge in [-0.3, -0.25) is 0 Å². The highest BCUT2D eigenvalue weighted by Gasteiger charge is 2.23. The lowest BCUT2D eigenvalue weighted by Crippen LogP contribution is -2.36. The summed E-state index contributed by atoms with van der Waals surface area (Å²) in [5.74, 6) is 0. The molecule has 2 N–H and O–H groups in total. The number of aliphatic hydroxyl groups excluding tert-OH is 1. The number of para-hydroxylation sites is 1. The number of hydrogen-bond donors (Lipinski definition) is 2. The summed E-state index contributed by atoms with van der Waals surface area (Å²) in [5.41, 5.74) is 3.77. The van der Waals surface area contributed by atoms with E-state index in [1.165, 1.54) is 17.5 Å². The monoisotopic (exact) mass is 281 g/mol. The van der Waals surface area contributed by atoms with Crippen LogP contribution in [-0.4, -0.2) is 17.3 Å². The fraction of sp³-hybridized carbons (Fsp3) is 0.368. The van der Waals surface area contributed by atoms with Crippen molar-refractivity contribution >= 4 is 5.69 Å². The second kappa shape index (κ2) is 6.77. The second-order valence-corrected chi connectivity index (χ2v) is 5.92. The molecule has 0 saturated heterocycles. The Morgan fingerprint density at radius 1 is 0.905 bits per heavy atom. The summed E-state index contributed by atoms with van der Waals surface area (Å²) in [6, 6.07) is 19.2. The van der Waals surface area contributed by atoms with E-state index >= 15 is 0 Å². The molecule has 0 aliphatic heterocycles. The highest BCUT2D eigenvalue weighted by atomic mass is 16.3. The Hall–Kier alpha value is -1.80. The van der Waals surface area contributed by atoms with Crippen molar-refractivity contribution in [3.63, 3.8) is 0 Å². The maximum Gasteiger partial charge on any atom is 0.0741 e. The van der Waals surface area contributed by atoms with E-state index in [-0.39, 0.29) is 12.1 Å². The zero-order valence-electron chi connectivity index (χ0n) is 12.3. The predicted molar refractivity (Wildman–Crippen MR) is 87.6 cm³/mol. The average molecular weight is 281 g/mol. The molecule has 2 atom stereocenters. The molecular formula is C19H23NO. The molecule has 1 fully saturated rings. The molecule has 3 rings (SSSR count). The van der Waals surface area contributed by atoms with Crippen molar-refractivity contribution in [3.8, 4) is 0 Å². The summed E-state index contributed by atoms with van der Waals surface area (Å²) in [6.07, 6.45) is 5.02. The van der Waals surface area contributed by atoms with E-state index in [0.29, 0.717) is 0 Å². The third-order valence-corrected chi connectivity index (χ3v) is 4.33. The van der Waals surface area contributed by atoms with Crippen LogP contribution in [-0.2, 0) is 6.42 Å². The van der Waals surface area contributed by atoms with E-state index in [1.807, 2.05) is 6.07 Å². The first-order valence-electron chi connectivity index (χ1n) is 7.89. The Morgan fingerprint density at radius 3 is 2.43 bits per heavy atom. The number of benzene rings is 2. The van der Waals surface area contributed by atoms with Gasteiger partial charge in [0.25, 0.3) is 0 Å². The van der Waals surface area contributed by atoms with Crippen molar-refractivity contribution in [2.24, 2.45) is 0 Å². The first kappa shape index (κ1) is 14.2. The van der Waals surface area contributed by atoms with Crippen LogP contribution in [0.25, 0.3) is 0 Å². The van der Waals surface area contributed by atoms with Crippen LogP contribution < -0.4 is 5.32 Å². The van der Waals surface area contributed by atoms with Crippen LogP contribution in [0.15, 0.2) is 54.6 Å². The number of aliphatic hydroxyl groups is 1. The molecule has 2 heteroatoms. The van der Waals surface area contributed by atoms with E-state index in [0.717, 1.165) is 31.4 Å². The molecule has 1 aliphatic rings. The molecule has 2 aromatic rings. The molecule has 110 valence electrons. The van der Waals surface area contributed by atoms with Gasteiger partial charge in [0.05, 0.1) is 12.1 Å². The van der Waals surface area contributed by atoms with E-state index in [2.05, 4.69) is 53.8 Å². The summed E-state index contributed by atoms with van der Waals surface area (Å²) >= 11 is 0. The van der Waals surface area contributed by atoms with Gasteiger partial charge in [0.2, 0.25) is 0 Å². The second-order valence-electron chi connectivity index (χ2n) is 5.92. The number of nitrogens with one attached hydrogen (secondary N) is 1. The Morgan fingerprint density at radius 2 is 1.62 bits per heavy atom. The molecule has 1 saturated carbocycles. The molecule has 0 aromatic heterocycles. The number of anilines is 1. The summed E-state index contributed by atoms with van der Waals surface area (Å²) in [7, 11) is 0. The topological polar surface area (TPSA) is 32.3 Å². The minimum absolute atomic E-state index is 0.190. The van der Waals surface area contributed by atoms with Crippen LogP contribution in [0.5, 0.6) is 0 Å². The number of hydrogen-bond acceptors (Lipinski definition) is 2. The maximum absolute atomic E-state index is 10.1. The van der Waals surface area contributed by atoms with Crippen molar-refractivity contribution in [1.82, 2.24) is 0 Å². The number of rotatable bonds is 4. The van der Waals surface area contributed by atoms with Crippen molar-refractivity contribution in [3.05, 3.63) is 65.7 Å². The minimum atomic E-state index is -0.219. The Bertz CT molecular complexity index is 567. The smallest absolute Gasteiger partial charge is 0.0741 e. The van der Waals surface area contributed by atoms with Crippen LogP contribution >= 0.6 is 0 Å². The first-order chi connectivity index (χ1) is 10.3. The molecule has 0 spiro atoms. The SMILES string of the molecule is O[C@@H]1CCCC[C@H]1Nc1ccccc1Cc1ccccc1. The standard InChI is InChI=1S/C19H23NO/c21-19-13-7-6-12-18(19)20-17-11-5-4-10-16(17)14-15-8-2-1-3-9-15/h1-5,8-11,18-21H,6-7,12-14H2/t18-,19-/m1/s1. The average Bonchev–Trinajstić information content (AvgIpc) is 2.52. The first-order valence-corrected chi connectivity index (χ1v) is 7.89. The Labute approximate surface area is 126 Å². The van der Waals surface area contributed by atoms with Crippen LogP contribution in [0.2, 0.25) is 0 Å². The van der Waals surface area contributed by atoms with Gasteiger partial charge < -0.3 is 10.4 Å². The lowest BCUT2D eigenvalue weighted by molar-refractivity contribution is 0.116. The maximum atomic E-state index is 10.1.